The summed E-state index contributed by atoms with van der Waals surface area (Å²) < 4.78 is 0. The fourth-order valence-corrected chi connectivity index (χ4v) is 3.72. The van der Waals surface area contributed by atoms with Gasteiger partial charge in [-0.2, -0.15) is 0 Å². The maximum atomic E-state index is 12.6. The zero-order chi connectivity index (χ0) is 14.8. The van der Waals surface area contributed by atoms with E-state index >= 15 is 0 Å². The van der Waals surface area contributed by atoms with E-state index in [0.29, 0.717) is 0 Å². The molecule has 3 nitrogen and oxygen atoms in total. The van der Waals surface area contributed by atoms with Gasteiger partial charge < -0.3 is 10.2 Å². The number of thiophene rings is 1. The van der Waals surface area contributed by atoms with E-state index in [1.807, 2.05) is 30.9 Å². The van der Waals surface area contributed by atoms with E-state index in [9.17, 15) is 4.79 Å². The lowest BCUT2D eigenvalue weighted by molar-refractivity contribution is 0.208. The van der Waals surface area contributed by atoms with Crippen molar-refractivity contribution in [2.45, 2.75) is 32.7 Å². The minimum absolute atomic E-state index is 0.0135. The fourth-order valence-electron chi connectivity index (χ4n) is 2.84. The molecule has 0 saturated carbocycles. The third-order valence-electron chi connectivity index (χ3n) is 4.02. The number of nitrogens with zero attached hydrogens (tertiary/aromatic N) is 1. The minimum Gasteiger partial charge on any atom is -0.317 e. The van der Waals surface area contributed by atoms with E-state index in [-0.39, 0.29) is 12.1 Å². The molecule has 0 spiro atoms. The standard InChI is InChI=1S/C17H20N2OS/c1-12-7-8-13(2)14(11-12)18-17(20)19-9-3-5-15(19)16-6-4-10-21-16/h4,6-8,10-11,15H,3,5,9H2,1-2H3,(H,18,20)/t15-/m0/s1. The van der Waals surface area contributed by atoms with Crippen LogP contribution in [0.4, 0.5) is 10.5 Å². The molecule has 1 aromatic carbocycles. The monoisotopic (exact) mass is 300 g/mol. The van der Waals surface area contributed by atoms with Crippen molar-refractivity contribution in [3.05, 3.63) is 51.7 Å². The highest BCUT2D eigenvalue weighted by Crippen LogP contribution is 2.35. The maximum Gasteiger partial charge on any atom is 0.322 e. The van der Waals surface area contributed by atoms with Gasteiger partial charge >= 0.3 is 6.03 Å². The molecule has 21 heavy (non-hydrogen) atoms. The fraction of sp³-hybridized carbons (Fsp3) is 0.353. The lowest BCUT2D eigenvalue weighted by Crippen LogP contribution is -2.34. The van der Waals surface area contributed by atoms with E-state index in [4.69, 9.17) is 0 Å². The summed E-state index contributed by atoms with van der Waals surface area (Å²) in [7, 11) is 0. The van der Waals surface area contributed by atoms with Crippen molar-refractivity contribution >= 4 is 23.1 Å². The van der Waals surface area contributed by atoms with Crippen molar-refractivity contribution in [3.63, 3.8) is 0 Å². The number of carbonyl (C=O) groups is 1. The van der Waals surface area contributed by atoms with Gasteiger partial charge in [0.05, 0.1) is 6.04 Å². The van der Waals surface area contributed by atoms with Crippen LogP contribution in [-0.4, -0.2) is 17.5 Å². The van der Waals surface area contributed by atoms with Gasteiger partial charge in [-0.3, -0.25) is 0 Å². The molecule has 1 aliphatic heterocycles. The zero-order valence-corrected chi connectivity index (χ0v) is 13.2. The molecule has 1 atom stereocenters. The summed E-state index contributed by atoms with van der Waals surface area (Å²) in [4.78, 5) is 15.9. The first kappa shape index (κ1) is 14.1. The molecule has 1 saturated heterocycles. The van der Waals surface area contributed by atoms with E-state index in [0.717, 1.165) is 36.2 Å². The Balaban J connectivity index is 1.77. The molecule has 1 aliphatic rings. The van der Waals surface area contributed by atoms with Crippen LogP contribution >= 0.6 is 11.3 Å². The van der Waals surface area contributed by atoms with Crippen LogP contribution in [-0.2, 0) is 0 Å². The number of carbonyl (C=O) groups excluding carboxylic acids is 1. The Hall–Kier alpha value is -1.81. The maximum absolute atomic E-state index is 12.6. The lowest BCUT2D eigenvalue weighted by atomic mass is 10.1. The van der Waals surface area contributed by atoms with Gasteiger partial charge in [-0.15, -0.1) is 11.3 Å². The second kappa shape index (κ2) is 5.90. The highest BCUT2D eigenvalue weighted by atomic mass is 32.1. The quantitative estimate of drug-likeness (QED) is 0.854. The largest absolute Gasteiger partial charge is 0.322 e. The number of benzene rings is 1. The van der Waals surface area contributed by atoms with Gasteiger partial charge in [0, 0.05) is 17.1 Å². The normalized spacial score (nSPS) is 18.0. The molecule has 4 heteroatoms. The van der Waals surface area contributed by atoms with E-state index in [2.05, 4.69) is 28.9 Å². The van der Waals surface area contributed by atoms with Gasteiger partial charge in [-0.1, -0.05) is 18.2 Å². The average molecular weight is 300 g/mol. The summed E-state index contributed by atoms with van der Waals surface area (Å²) in [6.45, 7) is 4.90. The first-order valence-electron chi connectivity index (χ1n) is 7.33. The van der Waals surface area contributed by atoms with Gasteiger partial charge in [0.1, 0.15) is 0 Å². The number of urea groups is 1. The number of nitrogens with one attached hydrogen (secondary N) is 1. The Morgan fingerprint density at radius 2 is 2.19 bits per heavy atom. The molecule has 0 aliphatic carbocycles. The number of hydrogen-bond donors (Lipinski definition) is 1. The third kappa shape index (κ3) is 2.95. The Morgan fingerprint density at radius 3 is 2.95 bits per heavy atom. The van der Waals surface area contributed by atoms with E-state index < -0.39 is 0 Å². The molecule has 110 valence electrons. The predicted molar refractivity (Wildman–Crippen MR) is 87.9 cm³/mol. The summed E-state index contributed by atoms with van der Waals surface area (Å²) in [5.74, 6) is 0. The Labute approximate surface area is 129 Å². The number of hydrogen-bond acceptors (Lipinski definition) is 2. The number of likely N-dealkylation sites (tertiary alicyclic amines) is 1. The number of aryl methyl sites for hydroxylation is 2. The van der Waals surface area contributed by atoms with Crippen molar-refractivity contribution in [1.82, 2.24) is 4.90 Å². The molecule has 1 aromatic heterocycles. The molecule has 1 fully saturated rings. The first-order valence-corrected chi connectivity index (χ1v) is 8.21. The number of amides is 2. The van der Waals surface area contributed by atoms with Crippen LogP contribution in [0.5, 0.6) is 0 Å². The first-order chi connectivity index (χ1) is 10.1. The summed E-state index contributed by atoms with van der Waals surface area (Å²) >= 11 is 1.73. The average Bonchev–Trinajstić information content (AvgIpc) is 3.12. The van der Waals surface area contributed by atoms with E-state index in [1.54, 1.807) is 11.3 Å². The van der Waals surface area contributed by atoms with Gasteiger partial charge in [-0.25, -0.2) is 4.79 Å². The Bertz CT molecular complexity index is 636. The SMILES string of the molecule is Cc1ccc(C)c(NC(=O)N2CCC[C@H]2c2cccs2)c1. The highest BCUT2D eigenvalue weighted by Gasteiger charge is 2.30. The second-order valence-electron chi connectivity index (χ2n) is 5.62. The molecule has 1 N–H and O–H groups in total. The van der Waals surface area contributed by atoms with Crippen LogP contribution in [0, 0.1) is 13.8 Å². The topological polar surface area (TPSA) is 32.3 Å². The van der Waals surface area contributed by atoms with Crippen molar-refractivity contribution in [2.75, 3.05) is 11.9 Å². The summed E-state index contributed by atoms with van der Waals surface area (Å²) in [5, 5.41) is 5.15. The molecule has 3 rings (SSSR count). The Morgan fingerprint density at radius 1 is 1.33 bits per heavy atom. The third-order valence-corrected chi connectivity index (χ3v) is 4.99. The zero-order valence-electron chi connectivity index (χ0n) is 12.4. The predicted octanol–water partition coefficient (Wildman–Crippen LogP) is 4.73. The molecule has 2 aromatic rings. The van der Waals surface area contributed by atoms with Crippen LogP contribution in [0.25, 0.3) is 0 Å². The van der Waals surface area contributed by atoms with Crippen molar-refractivity contribution in [3.8, 4) is 0 Å². The smallest absolute Gasteiger partial charge is 0.317 e. The molecule has 2 heterocycles. The molecule has 2 amide bonds. The van der Waals surface area contributed by atoms with Crippen LogP contribution in [0.15, 0.2) is 35.7 Å². The van der Waals surface area contributed by atoms with Crippen molar-refractivity contribution in [1.29, 1.82) is 0 Å². The molecular weight excluding hydrogens is 280 g/mol. The molecule has 0 bridgehead atoms. The Kier molecular flexibility index (Phi) is 3.97. The second-order valence-corrected chi connectivity index (χ2v) is 6.59. The molecule has 0 unspecified atom stereocenters. The highest BCUT2D eigenvalue weighted by molar-refractivity contribution is 7.10. The van der Waals surface area contributed by atoms with Crippen molar-refractivity contribution < 1.29 is 4.79 Å². The number of rotatable bonds is 2. The van der Waals surface area contributed by atoms with Crippen LogP contribution in [0.3, 0.4) is 0 Å². The molecule has 0 radical (unpaired) electrons. The van der Waals surface area contributed by atoms with Gasteiger partial charge in [0.25, 0.3) is 0 Å². The minimum atomic E-state index is 0.0135. The summed E-state index contributed by atoms with van der Waals surface area (Å²) in [5.41, 5.74) is 3.17. The van der Waals surface area contributed by atoms with E-state index in [1.165, 1.54) is 4.88 Å². The van der Waals surface area contributed by atoms with Crippen LogP contribution in [0.2, 0.25) is 0 Å². The summed E-state index contributed by atoms with van der Waals surface area (Å²) in [6.07, 6.45) is 2.13. The summed E-state index contributed by atoms with van der Waals surface area (Å²) in [6, 6.07) is 10.6. The molecular formula is C17H20N2OS. The van der Waals surface area contributed by atoms with Crippen molar-refractivity contribution in [2.24, 2.45) is 0 Å². The number of anilines is 1. The van der Waals surface area contributed by atoms with Crippen LogP contribution in [0.1, 0.15) is 34.9 Å². The van der Waals surface area contributed by atoms with Gasteiger partial charge in [0.15, 0.2) is 0 Å². The van der Waals surface area contributed by atoms with Gasteiger partial charge in [-0.05, 0) is 55.3 Å². The van der Waals surface area contributed by atoms with Gasteiger partial charge in [0.2, 0.25) is 0 Å². The van der Waals surface area contributed by atoms with Crippen LogP contribution < -0.4 is 5.32 Å². The lowest BCUT2D eigenvalue weighted by Gasteiger charge is -2.24.